The summed E-state index contributed by atoms with van der Waals surface area (Å²) in [5.41, 5.74) is 5.69. The Bertz CT molecular complexity index is 1350. The fraction of sp³-hybridized carbons (Fsp3) is 0.412. The minimum atomic E-state index is -0.0751. The average molecular weight is 644 g/mol. The molecule has 232 valence electrons. The highest BCUT2D eigenvalue weighted by Crippen LogP contribution is 2.35. The van der Waals surface area contributed by atoms with Gasteiger partial charge in [0.2, 0.25) is 6.41 Å². The van der Waals surface area contributed by atoms with Crippen molar-refractivity contribution in [2.24, 2.45) is 0 Å². The van der Waals surface area contributed by atoms with Crippen molar-refractivity contribution in [2.45, 2.75) is 69.6 Å². The molecule has 0 spiro atoms. The molecule has 0 radical (unpaired) electrons. The third-order valence-electron chi connectivity index (χ3n) is 7.69. The minimum absolute atomic E-state index is 0.0751. The van der Waals surface area contributed by atoms with Crippen molar-refractivity contribution < 1.29 is 9.59 Å². The number of rotatable bonds is 17. The second-order valence-corrected chi connectivity index (χ2v) is 12.7. The largest absolute Gasteiger partial charge is 0.388 e. The monoisotopic (exact) mass is 642 g/mol. The Morgan fingerprint density at radius 1 is 1.09 bits per heavy atom. The number of amides is 2. The molecule has 9 heteroatoms. The van der Waals surface area contributed by atoms with Crippen LogP contribution in [0.1, 0.15) is 64.0 Å². The van der Waals surface area contributed by atoms with Crippen molar-refractivity contribution in [2.75, 3.05) is 32.5 Å². The Hall–Kier alpha value is -2.71. The number of benzene rings is 2. The van der Waals surface area contributed by atoms with Gasteiger partial charge in [0.05, 0.1) is 0 Å². The number of nitrogens with zero attached hydrogens (tertiary/aromatic N) is 1. The summed E-state index contributed by atoms with van der Waals surface area (Å²) in [7, 11) is 4.05. The van der Waals surface area contributed by atoms with Crippen molar-refractivity contribution >= 4 is 58.5 Å². The van der Waals surface area contributed by atoms with Crippen LogP contribution < -0.4 is 16.0 Å². The predicted molar refractivity (Wildman–Crippen MR) is 184 cm³/mol. The number of likely N-dealkylation sites (N-methyl/N-ethyl adjacent to an activating group) is 1. The summed E-state index contributed by atoms with van der Waals surface area (Å²) in [5, 5.41) is 10.4. The zero-order chi connectivity index (χ0) is 31.4. The normalized spacial score (nSPS) is 14.4. The van der Waals surface area contributed by atoms with Gasteiger partial charge in [-0.1, -0.05) is 41.8 Å². The molecule has 2 aromatic carbocycles. The number of nitrogens with one attached hydrogen (secondary N) is 3. The molecule has 3 rings (SSSR count). The van der Waals surface area contributed by atoms with Crippen molar-refractivity contribution in [1.29, 1.82) is 0 Å². The maximum absolute atomic E-state index is 13.1. The highest BCUT2D eigenvalue weighted by molar-refractivity contribution is 7.98. The molecule has 0 aliphatic heterocycles. The average Bonchev–Trinajstić information content (AvgIpc) is 3.84. The van der Waals surface area contributed by atoms with Crippen LogP contribution in [0.15, 0.2) is 70.3 Å². The molecule has 0 saturated heterocycles. The first-order valence-corrected chi connectivity index (χ1v) is 16.6. The molecular formula is C34H44Cl2N4O2S. The Kier molecular flexibility index (Phi) is 14.2. The van der Waals surface area contributed by atoms with Gasteiger partial charge in [0.25, 0.3) is 5.91 Å². The first kappa shape index (κ1) is 34.8. The summed E-state index contributed by atoms with van der Waals surface area (Å²) < 4.78 is 0. The van der Waals surface area contributed by atoms with Gasteiger partial charge in [0, 0.05) is 62.8 Å². The van der Waals surface area contributed by atoms with Crippen LogP contribution in [0.4, 0.5) is 5.69 Å². The molecule has 0 atom stereocenters. The Balaban J connectivity index is 1.71. The van der Waals surface area contributed by atoms with Crippen LogP contribution in [-0.2, 0) is 15.3 Å². The third kappa shape index (κ3) is 10.5. The van der Waals surface area contributed by atoms with E-state index in [0.717, 1.165) is 64.7 Å². The van der Waals surface area contributed by atoms with Crippen LogP contribution in [-0.4, -0.2) is 50.4 Å². The summed E-state index contributed by atoms with van der Waals surface area (Å²) in [4.78, 5) is 27.9. The molecule has 0 aromatic heterocycles. The van der Waals surface area contributed by atoms with Crippen LogP contribution in [0.2, 0.25) is 10.0 Å². The fourth-order valence-corrected chi connectivity index (χ4v) is 6.61. The number of carbonyl (C=O) groups is 2. The summed E-state index contributed by atoms with van der Waals surface area (Å²) in [6.45, 7) is 7.60. The molecule has 1 aliphatic rings. The zero-order valence-electron chi connectivity index (χ0n) is 25.9. The Labute approximate surface area is 271 Å². The van der Waals surface area contributed by atoms with Crippen LogP contribution >= 0.6 is 35.0 Å². The van der Waals surface area contributed by atoms with Gasteiger partial charge in [-0.2, -0.15) is 0 Å². The highest BCUT2D eigenvalue weighted by Gasteiger charge is 2.25. The van der Waals surface area contributed by atoms with E-state index in [1.54, 1.807) is 11.8 Å². The lowest BCUT2D eigenvalue weighted by molar-refractivity contribution is -0.117. The smallest absolute Gasteiger partial charge is 0.251 e. The van der Waals surface area contributed by atoms with E-state index >= 15 is 0 Å². The second-order valence-electron chi connectivity index (χ2n) is 10.8. The number of halogens is 2. The molecule has 1 saturated carbocycles. The molecule has 6 nitrogen and oxygen atoms in total. The number of unbranched alkanes of at least 4 members (excludes halogenated alkanes) is 2. The van der Waals surface area contributed by atoms with E-state index in [1.165, 1.54) is 12.8 Å². The van der Waals surface area contributed by atoms with Gasteiger partial charge < -0.3 is 20.9 Å². The minimum Gasteiger partial charge on any atom is -0.388 e. The first-order valence-electron chi connectivity index (χ1n) is 14.8. The molecule has 2 amide bonds. The fourth-order valence-electron chi connectivity index (χ4n) is 4.94. The van der Waals surface area contributed by atoms with Gasteiger partial charge in [0.15, 0.2) is 0 Å². The van der Waals surface area contributed by atoms with E-state index in [0.29, 0.717) is 40.0 Å². The van der Waals surface area contributed by atoms with Crippen molar-refractivity contribution in [3.8, 4) is 0 Å². The summed E-state index contributed by atoms with van der Waals surface area (Å²) in [5.74, 6) is 0.535. The predicted octanol–water partition coefficient (Wildman–Crippen LogP) is 8.08. The molecule has 2 aromatic rings. The van der Waals surface area contributed by atoms with E-state index in [1.807, 2.05) is 76.4 Å². The number of thioether (sulfide) groups is 1. The number of hydrogen-bond donors (Lipinski definition) is 3. The van der Waals surface area contributed by atoms with Gasteiger partial charge >= 0.3 is 0 Å². The third-order valence-corrected chi connectivity index (χ3v) is 9.42. The second kappa shape index (κ2) is 17.6. The van der Waals surface area contributed by atoms with Gasteiger partial charge in [-0.05, 0) is 113 Å². The molecule has 0 heterocycles. The van der Waals surface area contributed by atoms with Crippen molar-refractivity contribution in [1.82, 2.24) is 15.5 Å². The van der Waals surface area contributed by atoms with E-state index in [-0.39, 0.29) is 5.91 Å². The molecule has 0 unspecified atom stereocenters. The van der Waals surface area contributed by atoms with Crippen LogP contribution in [0.3, 0.4) is 0 Å². The Morgan fingerprint density at radius 2 is 1.81 bits per heavy atom. The number of allylic oxidation sites excluding steroid dienone is 3. The molecule has 0 bridgehead atoms. The van der Waals surface area contributed by atoms with Crippen LogP contribution in [0.5, 0.6) is 0 Å². The molecule has 3 N–H and O–H groups in total. The number of carbonyl (C=O) groups excluding carboxylic acids is 2. The highest BCUT2D eigenvalue weighted by atomic mass is 35.5. The van der Waals surface area contributed by atoms with E-state index in [9.17, 15) is 9.59 Å². The topological polar surface area (TPSA) is 73.5 Å². The Morgan fingerprint density at radius 3 is 2.44 bits per heavy atom. The lowest BCUT2D eigenvalue weighted by Crippen LogP contribution is -2.27. The summed E-state index contributed by atoms with van der Waals surface area (Å²) >= 11 is 14.4. The standard InChI is InChI=1S/C34H44Cl2N4O2S/c1-6-27(34(42)38-17-8-7-9-18-40(5)25-13-14-25)24(3)33(37-4)19-23(2)28-20-26(15-16-32(28)39-22-41)43-21-29-30(35)11-10-12-31(29)36/h6,10-12,15-16,19-20,22,25,37H,7-9,13-14,17-18,21H2,1-5H3,(H,38,42)(H,39,41)/b23-19+,27-6-,33-24-. The maximum atomic E-state index is 13.1. The van der Waals surface area contributed by atoms with Gasteiger partial charge in [0.1, 0.15) is 0 Å². The summed E-state index contributed by atoms with van der Waals surface area (Å²) in [6, 6.07) is 12.2. The van der Waals surface area contributed by atoms with E-state index < -0.39 is 0 Å². The van der Waals surface area contributed by atoms with Crippen molar-refractivity contribution in [3.63, 3.8) is 0 Å². The SMILES string of the molecule is C/C=C(C(=O)NCCCCCN(C)C1CC1)/C(C)=C(/C=C(\C)c1cc(SCc2c(Cl)cccc2Cl)ccc1NC=O)NC. The van der Waals surface area contributed by atoms with Crippen LogP contribution in [0.25, 0.3) is 5.57 Å². The molecule has 43 heavy (non-hydrogen) atoms. The molecule has 1 fully saturated rings. The van der Waals surface area contributed by atoms with Gasteiger partial charge in [-0.3, -0.25) is 9.59 Å². The summed E-state index contributed by atoms with van der Waals surface area (Å²) in [6.07, 6.45) is 10.4. The lowest BCUT2D eigenvalue weighted by Gasteiger charge is -2.16. The van der Waals surface area contributed by atoms with Gasteiger partial charge in [-0.15, -0.1) is 11.8 Å². The lowest BCUT2D eigenvalue weighted by atomic mass is 9.99. The van der Waals surface area contributed by atoms with Crippen LogP contribution in [0, 0.1) is 0 Å². The number of anilines is 1. The maximum Gasteiger partial charge on any atom is 0.251 e. The molecular weight excluding hydrogens is 599 g/mol. The van der Waals surface area contributed by atoms with E-state index in [2.05, 4.69) is 27.9 Å². The quantitative estimate of drug-likeness (QED) is 0.0535. The van der Waals surface area contributed by atoms with Gasteiger partial charge in [-0.25, -0.2) is 0 Å². The first-order chi connectivity index (χ1) is 20.7. The van der Waals surface area contributed by atoms with E-state index in [4.69, 9.17) is 23.2 Å². The molecule has 1 aliphatic carbocycles. The zero-order valence-corrected chi connectivity index (χ0v) is 28.2. The number of hydrogen-bond acceptors (Lipinski definition) is 5. The van der Waals surface area contributed by atoms with Crippen molar-refractivity contribution in [3.05, 3.63) is 86.6 Å².